The van der Waals surface area contributed by atoms with Crippen LogP contribution in [0.25, 0.3) is 0 Å². The van der Waals surface area contributed by atoms with Gasteiger partial charge in [-0.1, -0.05) is 107 Å². The molecule has 0 N–H and O–H groups in total. The summed E-state index contributed by atoms with van der Waals surface area (Å²) in [6, 6.07) is 19.5. The Bertz CT molecular complexity index is 836. The molecule has 0 heterocycles. The Kier molecular flexibility index (Phi) is 10.9. The van der Waals surface area contributed by atoms with Crippen molar-refractivity contribution in [3.05, 3.63) is 71.3 Å². The molecule has 1 aliphatic rings. The summed E-state index contributed by atoms with van der Waals surface area (Å²) >= 11 is 0. The Hall–Kier alpha value is -2.22. The monoisotopic (exact) mass is 444 g/mol. The van der Waals surface area contributed by atoms with E-state index in [1.807, 2.05) is 6.21 Å². The van der Waals surface area contributed by atoms with Gasteiger partial charge in [-0.3, -0.25) is 0 Å². The molecule has 0 unspecified atom stereocenters. The molecule has 0 amide bonds. The first-order valence-electron chi connectivity index (χ1n) is 13.5. The third-order valence-electron chi connectivity index (χ3n) is 7.38. The summed E-state index contributed by atoms with van der Waals surface area (Å²) in [6.07, 6.45) is 16.1. The Morgan fingerprint density at radius 3 is 2.12 bits per heavy atom. The highest BCUT2D eigenvalue weighted by Gasteiger charge is 2.29. The van der Waals surface area contributed by atoms with Crippen LogP contribution in [0, 0.1) is 17.8 Å². The van der Waals surface area contributed by atoms with E-state index in [1.165, 1.54) is 81.0 Å². The highest BCUT2D eigenvalue weighted by Crippen LogP contribution is 2.38. The van der Waals surface area contributed by atoms with Crippen LogP contribution in [0.1, 0.15) is 102 Å². The lowest BCUT2D eigenvalue weighted by atomic mass is 9.71. The molecule has 2 aromatic rings. The predicted molar refractivity (Wildman–Crippen MR) is 144 cm³/mol. The molecular weight excluding hydrogens is 400 g/mol. The van der Waals surface area contributed by atoms with Gasteiger partial charge < -0.3 is 0 Å². The van der Waals surface area contributed by atoms with E-state index in [1.54, 1.807) is 0 Å². The van der Waals surface area contributed by atoms with Gasteiger partial charge in [0.1, 0.15) is 0 Å². The van der Waals surface area contributed by atoms with Crippen molar-refractivity contribution in [1.29, 1.82) is 0 Å². The van der Waals surface area contributed by atoms with Crippen molar-refractivity contribution in [3.63, 3.8) is 0 Å². The SMILES string of the molecule is CCCCc1ccc(C=NN=C(c2ccccc2)C2CCC(C(CCC)CCC)CC2)cc1. The van der Waals surface area contributed by atoms with Gasteiger partial charge in [-0.2, -0.15) is 10.2 Å². The molecule has 1 fully saturated rings. The molecule has 0 atom stereocenters. The van der Waals surface area contributed by atoms with E-state index in [4.69, 9.17) is 5.10 Å². The van der Waals surface area contributed by atoms with Gasteiger partial charge in [0.25, 0.3) is 0 Å². The minimum absolute atomic E-state index is 0.515. The minimum Gasteiger partial charge on any atom is -0.158 e. The van der Waals surface area contributed by atoms with Crippen molar-refractivity contribution in [3.8, 4) is 0 Å². The largest absolute Gasteiger partial charge is 0.158 e. The van der Waals surface area contributed by atoms with Gasteiger partial charge in [0, 0.05) is 5.92 Å². The summed E-state index contributed by atoms with van der Waals surface area (Å²) in [5.41, 5.74) is 4.93. The van der Waals surface area contributed by atoms with Crippen LogP contribution in [0.3, 0.4) is 0 Å². The second-order valence-electron chi connectivity index (χ2n) is 9.89. The molecule has 1 aliphatic carbocycles. The van der Waals surface area contributed by atoms with E-state index in [-0.39, 0.29) is 0 Å². The number of rotatable bonds is 12. The lowest BCUT2D eigenvalue weighted by Gasteiger charge is -2.34. The molecule has 0 spiro atoms. The number of hydrogen-bond acceptors (Lipinski definition) is 2. The maximum atomic E-state index is 4.81. The van der Waals surface area contributed by atoms with Gasteiger partial charge in [-0.15, -0.1) is 0 Å². The van der Waals surface area contributed by atoms with Crippen LogP contribution >= 0.6 is 0 Å². The van der Waals surface area contributed by atoms with Gasteiger partial charge in [0.15, 0.2) is 0 Å². The van der Waals surface area contributed by atoms with Crippen molar-refractivity contribution >= 4 is 11.9 Å². The number of nitrogens with zero attached hydrogens (tertiary/aromatic N) is 2. The third-order valence-corrected chi connectivity index (χ3v) is 7.38. The van der Waals surface area contributed by atoms with Crippen molar-refractivity contribution in [2.45, 2.75) is 91.4 Å². The lowest BCUT2D eigenvalue weighted by Crippen LogP contribution is -2.26. The summed E-state index contributed by atoms with van der Waals surface area (Å²) < 4.78 is 0. The van der Waals surface area contributed by atoms with E-state index in [9.17, 15) is 0 Å². The molecule has 0 saturated heterocycles. The lowest BCUT2D eigenvalue weighted by molar-refractivity contribution is 0.206. The predicted octanol–water partition coefficient (Wildman–Crippen LogP) is 8.88. The van der Waals surface area contributed by atoms with Gasteiger partial charge in [-0.25, -0.2) is 0 Å². The molecule has 3 rings (SSSR count). The van der Waals surface area contributed by atoms with Crippen molar-refractivity contribution < 1.29 is 0 Å². The van der Waals surface area contributed by atoms with Crippen LogP contribution < -0.4 is 0 Å². The first kappa shape index (κ1) is 25.4. The average molecular weight is 445 g/mol. The molecule has 178 valence electrons. The number of aryl methyl sites for hydroxylation is 1. The number of unbranched alkanes of at least 4 members (excludes halogenated alkanes) is 1. The van der Waals surface area contributed by atoms with Gasteiger partial charge >= 0.3 is 0 Å². The summed E-state index contributed by atoms with van der Waals surface area (Å²) in [6.45, 7) is 6.92. The second-order valence-corrected chi connectivity index (χ2v) is 9.89. The Morgan fingerprint density at radius 1 is 0.848 bits per heavy atom. The fourth-order valence-corrected chi connectivity index (χ4v) is 5.51. The molecular formula is C31H44N2. The maximum Gasteiger partial charge on any atom is 0.0733 e. The maximum absolute atomic E-state index is 4.81. The molecule has 0 radical (unpaired) electrons. The first-order chi connectivity index (χ1) is 16.2. The van der Waals surface area contributed by atoms with Crippen LogP contribution in [0.2, 0.25) is 0 Å². The quantitative estimate of drug-likeness (QED) is 0.231. The molecule has 0 aliphatic heterocycles. The van der Waals surface area contributed by atoms with Gasteiger partial charge in [0.2, 0.25) is 0 Å². The highest BCUT2D eigenvalue weighted by molar-refractivity contribution is 6.02. The summed E-state index contributed by atoms with van der Waals surface area (Å²) in [7, 11) is 0. The Morgan fingerprint density at radius 2 is 1.52 bits per heavy atom. The fourth-order valence-electron chi connectivity index (χ4n) is 5.51. The van der Waals surface area contributed by atoms with Crippen molar-refractivity contribution in [2.75, 3.05) is 0 Å². The van der Waals surface area contributed by atoms with Crippen molar-refractivity contribution in [2.24, 2.45) is 28.0 Å². The molecule has 0 bridgehead atoms. The van der Waals surface area contributed by atoms with Gasteiger partial charge in [-0.05, 0) is 67.1 Å². The zero-order chi connectivity index (χ0) is 23.3. The Labute approximate surface area is 202 Å². The smallest absolute Gasteiger partial charge is 0.0733 e. The van der Waals surface area contributed by atoms with Crippen LogP contribution in [-0.2, 0) is 6.42 Å². The van der Waals surface area contributed by atoms with E-state index in [0.717, 1.165) is 23.8 Å². The van der Waals surface area contributed by atoms with Crippen LogP contribution in [0.15, 0.2) is 64.8 Å². The summed E-state index contributed by atoms with van der Waals surface area (Å²) in [5.74, 6) is 2.32. The van der Waals surface area contributed by atoms with Crippen LogP contribution in [-0.4, -0.2) is 11.9 Å². The highest BCUT2D eigenvalue weighted by atomic mass is 15.2. The van der Waals surface area contributed by atoms with E-state index in [0.29, 0.717) is 5.92 Å². The molecule has 1 saturated carbocycles. The first-order valence-corrected chi connectivity index (χ1v) is 13.5. The normalized spacial score (nSPS) is 19.5. The molecule has 2 heteroatoms. The Balaban J connectivity index is 1.69. The standard InChI is InChI=1S/C31H44N2/c1-4-7-13-25-16-18-26(19-17-25)24-32-33-31(29-14-9-8-10-15-29)30-22-20-28(21-23-30)27(11-5-2)12-6-3/h8-10,14-19,24,27-28,30H,4-7,11-13,20-23H2,1-3H3. The van der Waals surface area contributed by atoms with E-state index < -0.39 is 0 Å². The number of benzene rings is 2. The molecule has 2 aromatic carbocycles. The van der Waals surface area contributed by atoms with Gasteiger partial charge in [0.05, 0.1) is 11.9 Å². The topological polar surface area (TPSA) is 24.7 Å². The molecule has 2 nitrogen and oxygen atoms in total. The fraction of sp³-hybridized carbons (Fsp3) is 0.548. The average Bonchev–Trinajstić information content (AvgIpc) is 2.87. The molecule has 0 aromatic heterocycles. The third kappa shape index (κ3) is 7.95. The molecule has 33 heavy (non-hydrogen) atoms. The zero-order valence-corrected chi connectivity index (χ0v) is 21.2. The van der Waals surface area contributed by atoms with E-state index in [2.05, 4.69) is 80.5 Å². The van der Waals surface area contributed by atoms with E-state index >= 15 is 0 Å². The number of hydrogen-bond donors (Lipinski definition) is 0. The van der Waals surface area contributed by atoms with Crippen molar-refractivity contribution in [1.82, 2.24) is 0 Å². The minimum atomic E-state index is 0.515. The van der Waals surface area contributed by atoms with Crippen LogP contribution in [0.4, 0.5) is 0 Å². The zero-order valence-electron chi connectivity index (χ0n) is 21.2. The van der Waals surface area contributed by atoms with Crippen LogP contribution in [0.5, 0.6) is 0 Å². The second kappa shape index (κ2) is 14.1. The summed E-state index contributed by atoms with van der Waals surface area (Å²) in [5, 5.41) is 9.37. The summed E-state index contributed by atoms with van der Waals surface area (Å²) in [4.78, 5) is 0.